The second-order valence-electron chi connectivity index (χ2n) is 7.79. The van der Waals surface area contributed by atoms with Gasteiger partial charge in [0.1, 0.15) is 12.6 Å². The van der Waals surface area contributed by atoms with Crippen LogP contribution in [0, 0.1) is 17.0 Å². The molecule has 0 bridgehead atoms. The summed E-state index contributed by atoms with van der Waals surface area (Å²) in [6, 6.07) is 7.52. The van der Waals surface area contributed by atoms with Crippen molar-refractivity contribution in [2.45, 2.75) is 32.9 Å². The molecule has 35 heavy (non-hydrogen) atoms. The normalized spacial score (nSPS) is 12.1. The van der Waals surface area contributed by atoms with Crippen molar-refractivity contribution < 1.29 is 22.9 Å². The molecule has 0 aromatic heterocycles. The maximum atomic E-state index is 13.5. The first-order valence-electron chi connectivity index (χ1n) is 10.5. The lowest BCUT2D eigenvalue weighted by atomic mass is 10.1. The Balaban J connectivity index is 2.55. The molecule has 0 aliphatic carbocycles. The van der Waals surface area contributed by atoms with Crippen LogP contribution >= 0.6 is 23.2 Å². The minimum atomic E-state index is -4.04. The topological polar surface area (TPSA) is 130 Å². The van der Waals surface area contributed by atoms with Gasteiger partial charge in [0.05, 0.1) is 16.9 Å². The van der Waals surface area contributed by atoms with Crippen molar-refractivity contribution in [1.82, 2.24) is 10.2 Å². The van der Waals surface area contributed by atoms with Gasteiger partial charge in [-0.2, -0.15) is 0 Å². The van der Waals surface area contributed by atoms with Gasteiger partial charge in [-0.1, -0.05) is 42.3 Å². The highest BCUT2D eigenvalue weighted by Gasteiger charge is 2.32. The van der Waals surface area contributed by atoms with Crippen LogP contribution < -0.4 is 9.62 Å². The number of carbonyl (C=O) groups excluding carboxylic acids is 2. The van der Waals surface area contributed by atoms with Crippen LogP contribution in [0.4, 0.5) is 11.4 Å². The molecule has 0 radical (unpaired) electrons. The molecule has 0 spiro atoms. The van der Waals surface area contributed by atoms with E-state index >= 15 is 0 Å². The van der Waals surface area contributed by atoms with Crippen molar-refractivity contribution in [3.63, 3.8) is 0 Å². The monoisotopic (exact) mass is 544 g/mol. The second-order valence-corrected chi connectivity index (χ2v) is 10.5. The molecule has 0 fully saturated rings. The third-order valence-corrected chi connectivity index (χ3v) is 7.05. The third-order valence-electron chi connectivity index (χ3n) is 5.34. The average Bonchev–Trinajstić information content (AvgIpc) is 2.77. The van der Waals surface area contributed by atoms with E-state index in [-0.39, 0.29) is 29.4 Å². The Labute approximate surface area is 214 Å². The van der Waals surface area contributed by atoms with Crippen molar-refractivity contribution >= 4 is 56.4 Å². The highest BCUT2D eigenvalue weighted by atomic mass is 35.5. The van der Waals surface area contributed by atoms with Crippen LogP contribution in [0.5, 0.6) is 0 Å². The lowest BCUT2D eigenvalue weighted by Gasteiger charge is -2.33. The van der Waals surface area contributed by atoms with Gasteiger partial charge >= 0.3 is 0 Å². The van der Waals surface area contributed by atoms with Gasteiger partial charge in [-0.05, 0) is 36.6 Å². The number of aryl methyl sites for hydroxylation is 1. The van der Waals surface area contributed by atoms with E-state index in [0.717, 1.165) is 16.6 Å². The lowest BCUT2D eigenvalue weighted by Crippen LogP contribution is -2.51. The molecule has 1 atom stereocenters. The molecule has 2 amide bonds. The Morgan fingerprint density at radius 2 is 1.83 bits per heavy atom. The SMILES string of the molecule is CC[C@@H](C(=O)NC)N(Cc1ccc(Cl)cc1Cl)C(=O)CN(c1cc([N+](=O)[O-])ccc1C)S(C)(=O)=O. The molecule has 0 saturated heterocycles. The summed E-state index contributed by atoms with van der Waals surface area (Å²) in [6.45, 7) is 2.51. The fraction of sp³-hybridized carbons (Fsp3) is 0.364. The number of halogens is 2. The first kappa shape index (κ1) is 28.3. The third kappa shape index (κ3) is 7.06. The molecule has 10 nitrogen and oxygen atoms in total. The molecule has 2 aromatic rings. The van der Waals surface area contributed by atoms with Gasteiger partial charge in [-0.25, -0.2) is 8.42 Å². The van der Waals surface area contributed by atoms with E-state index < -0.39 is 39.3 Å². The fourth-order valence-corrected chi connectivity index (χ4v) is 4.86. The minimum Gasteiger partial charge on any atom is -0.357 e. The molecule has 0 saturated carbocycles. The number of benzene rings is 2. The van der Waals surface area contributed by atoms with E-state index in [9.17, 15) is 28.1 Å². The molecular weight excluding hydrogens is 519 g/mol. The van der Waals surface area contributed by atoms with Crippen LogP contribution in [0.15, 0.2) is 36.4 Å². The number of hydrogen-bond acceptors (Lipinski definition) is 6. The predicted molar refractivity (Wildman–Crippen MR) is 135 cm³/mol. The van der Waals surface area contributed by atoms with Crippen molar-refractivity contribution in [3.05, 3.63) is 67.7 Å². The molecule has 2 rings (SSSR count). The van der Waals surface area contributed by atoms with E-state index in [2.05, 4.69) is 5.32 Å². The molecule has 13 heteroatoms. The lowest BCUT2D eigenvalue weighted by molar-refractivity contribution is -0.384. The summed E-state index contributed by atoms with van der Waals surface area (Å²) < 4.78 is 26.1. The highest BCUT2D eigenvalue weighted by molar-refractivity contribution is 7.92. The standard InChI is InChI=1S/C22H26Cl2N4O6S/c1-5-19(22(30)25-3)26(12-15-7-8-16(23)10-18(15)24)21(29)13-27(35(4,33)34)20-11-17(28(31)32)9-6-14(20)2/h6-11,19H,5,12-13H2,1-4H3,(H,25,30)/t19-/m0/s1. The number of anilines is 1. The van der Waals surface area contributed by atoms with Crippen molar-refractivity contribution in [1.29, 1.82) is 0 Å². The zero-order valence-corrected chi connectivity index (χ0v) is 21.9. The van der Waals surface area contributed by atoms with E-state index in [4.69, 9.17) is 23.2 Å². The summed E-state index contributed by atoms with van der Waals surface area (Å²) in [5, 5.41) is 14.4. The Morgan fingerprint density at radius 3 is 2.34 bits per heavy atom. The number of rotatable bonds is 10. The molecule has 190 valence electrons. The van der Waals surface area contributed by atoms with Crippen LogP contribution in [0.25, 0.3) is 0 Å². The first-order chi connectivity index (χ1) is 16.3. The Kier molecular flexibility index (Phi) is 9.47. The van der Waals surface area contributed by atoms with E-state index in [0.29, 0.717) is 16.1 Å². The molecule has 0 heterocycles. The molecular formula is C22H26Cl2N4O6S. The zero-order chi connectivity index (χ0) is 26.5. The summed E-state index contributed by atoms with van der Waals surface area (Å²) in [5.74, 6) is -1.13. The number of hydrogen-bond donors (Lipinski definition) is 1. The summed E-state index contributed by atoms with van der Waals surface area (Å²) in [6.07, 6.45) is 1.14. The summed E-state index contributed by atoms with van der Waals surface area (Å²) in [5.41, 5.74) is 0.587. The number of amides is 2. The number of likely N-dealkylation sites (N-methyl/N-ethyl adjacent to an activating group) is 1. The maximum absolute atomic E-state index is 13.5. The Morgan fingerprint density at radius 1 is 1.17 bits per heavy atom. The Bertz CT molecular complexity index is 1240. The molecule has 2 aromatic carbocycles. The number of carbonyl (C=O) groups is 2. The fourth-order valence-electron chi connectivity index (χ4n) is 3.49. The van der Waals surface area contributed by atoms with Gasteiger partial charge in [0, 0.05) is 35.8 Å². The number of sulfonamides is 1. The van der Waals surface area contributed by atoms with E-state index in [1.807, 2.05) is 0 Å². The number of non-ortho nitro benzene ring substituents is 1. The predicted octanol–water partition coefficient (Wildman–Crippen LogP) is 3.53. The number of nitrogens with zero attached hydrogens (tertiary/aromatic N) is 3. The van der Waals surface area contributed by atoms with Gasteiger partial charge in [0.2, 0.25) is 21.8 Å². The van der Waals surface area contributed by atoms with E-state index in [1.54, 1.807) is 26.0 Å². The zero-order valence-electron chi connectivity index (χ0n) is 19.6. The van der Waals surface area contributed by atoms with Crippen LogP contribution in [0.3, 0.4) is 0 Å². The largest absolute Gasteiger partial charge is 0.357 e. The molecule has 0 aliphatic heterocycles. The second kappa shape index (κ2) is 11.7. The summed E-state index contributed by atoms with van der Waals surface area (Å²) in [4.78, 5) is 38.0. The summed E-state index contributed by atoms with van der Waals surface area (Å²) in [7, 11) is -2.61. The maximum Gasteiger partial charge on any atom is 0.271 e. The van der Waals surface area contributed by atoms with Crippen LogP contribution in [-0.4, -0.2) is 55.9 Å². The quantitative estimate of drug-likeness (QED) is 0.359. The van der Waals surface area contributed by atoms with Crippen molar-refractivity contribution in [2.24, 2.45) is 0 Å². The van der Waals surface area contributed by atoms with Crippen LogP contribution in [0.2, 0.25) is 10.0 Å². The highest BCUT2D eigenvalue weighted by Crippen LogP contribution is 2.28. The van der Waals surface area contributed by atoms with Gasteiger partial charge in [-0.15, -0.1) is 0 Å². The van der Waals surface area contributed by atoms with E-state index in [1.165, 1.54) is 30.1 Å². The number of nitro benzene ring substituents is 1. The number of nitrogens with one attached hydrogen (secondary N) is 1. The van der Waals surface area contributed by atoms with Gasteiger partial charge in [-0.3, -0.25) is 24.0 Å². The molecule has 1 N–H and O–H groups in total. The van der Waals surface area contributed by atoms with Gasteiger partial charge in [0.15, 0.2) is 0 Å². The smallest absolute Gasteiger partial charge is 0.271 e. The van der Waals surface area contributed by atoms with Crippen molar-refractivity contribution in [2.75, 3.05) is 24.2 Å². The molecule has 0 unspecified atom stereocenters. The summed E-state index contributed by atoms with van der Waals surface area (Å²) >= 11 is 12.3. The average molecular weight is 545 g/mol. The van der Waals surface area contributed by atoms with Gasteiger partial charge < -0.3 is 10.2 Å². The minimum absolute atomic E-state index is 0.00693. The Hall–Kier alpha value is -2.89. The first-order valence-corrected chi connectivity index (χ1v) is 13.1. The van der Waals surface area contributed by atoms with Crippen LogP contribution in [0.1, 0.15) is 24.5 Å². The van der Waals surface area contributed by atoms with Gasteiger partial charge in [0.25, 0.3) is 5.69 Å². The van der Waals surface area contributed by atoms with Crippen molar-refractivity contribution in [3.8, 4) is 0 Å². The number of nitro groups is 1. The van der Waals surface area contributed by atoms with Crippen LogP contribution in [-0.2, 0) is 26.2 Å². The molecule has 0 aliphatic rings.